The zero-order valence-corrected chi connectivity index (χ0v) is 14.1. The molecule has 1 aromatic heterocycles. The Morgan fingerprint density at radius 2 is 1.92 bits per heavy atom. The van der Waals surface area contributed by atoms with E-state index in [1.165, 1.54) is 12.7 Å². The molecule has 0 aliphatic carbocycles. The van der Waals surface area contributed by atoms with Gasteiger partial charge in [0.2, 0.25) is 0 Å². The summed E-state index contributed by atoms with van der Waals surface area (Å²) in [6, 6.07) is 13.1. The molecule has 5 heteroatoms. The highest BCUT2D eigenvalue weighted by atomic mass is 16.5. The highest BCUT2D eigenvalue weighted by Crippen LogP contribution is 2.20. The molecule has 3 rings (SSSR count). The molecule has 1 heterocycles. The van der Waals surface area contributed by atoms with Crippen molar-refractivity contribution in [1.29, 1.82) is 0 Å². The molecule has 0 saturated carbocycles. The van der Waals surface area contributed by atoms with Crippen molar-refractivity contribution in [3.05, 3.63) is 59.4 Å². The van der Waals surface area contributed by atoms with E-state index in [2.05, 4.69) is 40.3 Å². The van der Waals surface area contributed by atoms with Crippen LogP contribution in [-0.4, -0.2) is 22.6 Å². The Kier molecular flexibility index (Phi) is 4.51. The number of imidazole rings is 1. The van der Waals surface area contributed by atoms with Gasteiger partial charge in [-0.05, 0) is 55.8 Å². The molecule has 0 unspecified atom stereocenters. The van der Waals surface area contributed by atoms with Crippen LogP contribution in [-0.2, 0) is 17.9 Å². The highest BCUT2D eigenvalue weighted by Gasteiger charge is 2.11. The SMILES string of the molecule is CCn1c(COc2ccc(C(=O)OC)cc2)nc2ccc(C)cc21. The molecule has 3 aromatic rings. The minimum Gasteiger partial charge on any atom is -0.486 e. The van der Waals surface area contributed by atoms with Gasteiger partial charge in [0, 0.05) is 6.54 Å². The van der Waals surface area contributed by atoms with Gasteiger partial charge in [0.25, 0.3) is 0 Å². The average Bonchev–Trinajstić information content (AvgIpc) is 2.96. The second-order valence-electron chi connectivity index (χ2n) is 5.57. The van der Waals surface area contributed by atoms with E-state index >= 15 is 0 Å². The lowest BCUT2D eigenvalue weighted by Crippen LogP contribution is -2.06. The van der Waals surface area contributed by atoms with Gasteiger partial charge in [0.05, 0.1) is 23.7 Å². The van der Waals surface area contributed by atoms with Gasteiger partial charge in [-0.3, -0.25) is 0 Å². The van der Waals surface area contributed by atoms with Gasteiger partial charge in [0.15, 0.2) is 0 Å². The molecular formula is C19H20N2O3. The minimum atomic E-state index is -0.357. The maximum absolute atomic E-state index is 11.4. The average molecular weight is 324 g/mol. The van der Waals surface area contributed by atoms with E-state index in [0.717, 1.165) is 23.4 Å². The molecule has 124 valence electrons. The van der Waals surface area contributed by atoms with E-state index in [9.17, 15) is 4.79 Å². The van der Waals surface area contributed by atoms with Crippen molar-refractivity contribution in [2.75, 3.05) is 7.11 Å². The summed E-state index contributed by atoms with van der Waals surface area (Å²) in [6.07, 6.45) is 0. The quantitative estimate of drug-likeness (QED) is 0.671. The van der Waals surface area contributed by atoms with Crippen molar-refractivity contribution in [3.63, 3.8) is 0 Å². The third kappa shape index (κ3) is 3.11. The van der Waals surface area contributed by atoms with E-state index in [0.29, 0.717) is 17.9 Å². The first-order valence-electron chi connectivity index (χ1n) is 7.89. The number of nitrogens with zero attached hydrogens (tertiary/aromatic N) is 2. The highest BCUT2D eigenvalue weighted by molar-refractivity contribution is 5.89. The van der Waals surface area contributed by atoms with Crippen LogP contribution in [0, 0.1) is 6.92 Å². The van der Waals surface area contributed by atoms with E-state index < -0.39 is 0 Å². The van der Waals surface area contributed by atoms with Crippen molar-refractivity contribution in [3.8, 4) is 5.75 Å². The first-order valence-corrected chi connectivity index (χ1v) is 7.89. The molecule has 0 saturated heterocycles. The number of aromatic nitrogens is 2. The van der Waals surface area contributed by atoms with Crippen LogP contribution in [0.1, 0.15) is 28.7 Å². The molecule has 0 amide bonds. The Hall–Kier alpha value is -2.82. The third-order valence-corrected chi connectivity index (χ3v) is 3.94. The molecule has 2 aromatic carbocycles. The molecule has 0 aliphatic heterocycles. The number of hydrogen-bond acceptors (Lipinski definition) is 4. The molecule has 0 fully saturated rings. The Bertz CT molecular complexity index is 866. The number of fused-ring (bicyclic) bond motifs is 1. The maximum atomic E-state index is 11.4. The van der Waals surface area contributed by atoms with Crippen molar-refractivity contribution in [1.82, 2.24) is 9.55 Å². The van der Waals surface area contributed by atoms with Crippen LogP contribution in [0.15, 0.2) is 42.5 Å². The number of ether oxygens (including phenoxy) is 2. The zero-order valence-electron chi connectivity index (χ0n) is 14.1. The summed E-state index contributed by atoms with van der Waals surface area (Å²) in [5, 5.41) is 0. The normalized spacial score (nSPS) is 10.8. The number of esters is 1. The summed E-state index contributed by atoms with van der Waals surface area (Å²) in [5.41, 5.74) is 3.81. The largest absolute Gasteiger partial charge is 0.486 e. The maximum Gasteiger partial charge on any atom is 0.337 e. The van der Waals surface area contributed by atoms with Gasteiger partial charge in [-0.25, -0.2) is 9.78 Å². The van der Waals surface area contributed by atoms with Gasteiger partial charge in [-0.2, -0.15) is 0 Å². The van der Waals surface area contributed by atoms with Gasteiger partial charge in [0.1, 0.15) is 18.2 Å². The third-order valence-electron chi connectivity index (χ3n) is 3.94. The second-order valence-corrected chi connectivity index (χ2v) is 5.57. The summed E-state index contributed by atoms with van der Waals surface area (Å²) < 4.78 is 12.7. The number of carbonyl (C=O) groups excluding carboxylic acids is 1. The van der Waals surface area contributed by atoms with E-state index in [1.807, 2.05) is 6.07 Å². The lowest BCUT2D eigenvalue weighted by atomic mass is 10.2. The molecule has 0 N–H and O–H groups in total. The lowest BCUT2D eigenvalue weighted by Gasteiger charge is -2.09. The molecule has 0 atom stereocenters. The Balaban J connectivity index is 1.79. The Morgan fingerprint density at radius 3 is 2.58 bits per heavy atom. The zero-order chi connectivity index (χ0) is 17.1. The van der Waals surface area contributed by atoms with Crippen molar-refractivity contribution in [2.24, 2.45) is 0 Å². The molecule has 24 heavy (non-hydrogen) atoms. The van der Waals surface area contributed by atoms with Crippen LogP contribution in [0.4, 0.5) is 0 Å². The molecule has 0 bridgehead atoms. The summed E-state index contributed by atoms with van der Waals surface area (Å²) >= 11 is 0. The lowest BCUT2D eigenvalue weighted by molar-refractivity contribution is 0.0600. The fourth-order valence-corrected chi connectivity index (χ4v) is 2.70. The van der Waals surface area contributed by atoms with Crippen LogP contribution in [0.5, 0.6) is 5.75 Å². The fourth-order valence-electron chi connectivity index (χ4n) is 2.70. The number of carbonyl (C=O) groups is 1. The number of hydrogen-bond donors (Lipinski definition) is 0. The first-order chi connectivity index (χ1) is 11.6. The fraction of sp³-hybridized carbons (Fsp3) is 0.263. The summed E-state index contributed by atoms with van der Waals surface area (Å²) in [5.74, 6) is 1.22. The summed E-state index contributed by atoms with van der Waals surface area (Å²) in [7, 11) is 1.36. The number of aryl methyl sites for hydroxylation is 2. The summed E-state index contributed by atoms with van der Waals surface area (Å²) in [4.78, 5) is 16.1. The monoisotopic (exact) mass is 324 g/mol. The number of rotatable bonds is 5. The molecule has 5 nitrogen and oxygen atoms in total. The second kappa shape index (κ2) is 6.74. The van der Waals surface area contributed by atoms with Gasteiger partial charge < -0.3 is 14.0 Å². The van der Waals surface area contributed by atoms with Crippen LogP contribution in [0.3, 0.4) is 0 Å². The van der Waals surface area contributed by atoms with Gasteiger partial charge >= 0.3 is 5.97 Å². The first kappa shape index (κ1) is 16.1. The topological polar surface area (TPSA) is 53.4 Å². The van der Waals surface area contributed by atoms with E-state index in [1.54, 1.807) is 24.3 Å². The van der Waals surface area contributed by atoms with Crippen LogP contribution in [0.25, 0.3) is 11.0 Å². The van der Waals surface area contributed by atoms with Crippen LogP contribution >= 0.6 is 0 Å². The molecule has 0 radical (unpaired) electrons. The van der Waals surface area contributed by atoms with E-state index in [-0.39, 0.29) is 5.97 Å². The van der Waals surface area contributed by atoms with Crippen LogP contribution < -0.4 is 4.74 Å². The number of methoxy groups -OCH3 is 1. The summed E-state index contributed by atoms with van der Waals surface area (Å²) in [6.45, 7) is 5.38. The molecule has 0 spiro atoms. The number of benzene rings is 2. The predicted molar refractivity (Wildman–Crippen MR) is 92.3 cm³/mol. The molecule has 0 aliphatic rings. The van der Waals surface area contributed by atoms with E-state index in [4.69, 9.17) is 4.74 Å². The smallest absolute Gasteiger partial charge is 0.337 e. The Morgan fingerprint density at radius 1 is 1.17 bits per heavy atom. The van der Waals surface area contributed by atoms with Gasteiger partial charge in [-0.1, -0.05) is 6.07 Å². The van der Waals surface area contributed by atoms with Crippen molar-refractivity contribution >= 4 is 17.0 Å². The van der Waals surface area contributed by atoms with Crippen molar-refractivity contribution in [2.45, 2.75) is 27.0 Å². The predicted octanol–water partition coefficient (Wildman–Crippen LogP) is 3.73. The van der Waals surface area contributed by atoms with Gasteiger partial charge in [-0.15, -0.1) is 0 Å². The molecular weight excluding hydrogens is 304 g/mol. The Labute approximate surface area is 140 Å². The van der Waals surface area contributed by atoms with Crippen molar-refractivity contribution < 1.29 is 14.3 Å². The minimum absolute atomic E-state index is 0.357. The van der Waals surface area contributed by atoms with Crippen LogP contribution in [0.2, 0.25) is 0 Å². The standard InChI is InChI=1S/C19H20N2O3/c1-4-21-17-11-13(2)5-10-16(17)20-18(21)12-24-15-8-6-14(7-9-15)19(22)23-3/h5-11H,4,12H2,1-3H3.